The molecule has 2 unspecified atom stereocenters. The van der Waals surface area contributed by atoms with Crippen molar-refractivity contribution in [3.8, 4) is 0 Å². The second kappa shape index (κ2) is 4.16. The van der Waals surface area contributed by atoms with Gasteiger partial charge in [0.05, 0.1) is 5.54 Å². The van der Waals surface area contributed by atoms with E-state index < -0.39 is 5.60 Å². The van der Waals surface area contributed by atoms with E-state index in [9.17, 15) is 4.79 Å². The van der Waals surface area contributed by atoms with E-state index in [-0.39, 0.29) is 11.6 Å². The van der Waals surface area contributed by atoms with Crippen LogP contribution in [-0.4, -0.2) is 42.3 Å². The van der Waals surface area contributed by atoms with E-state index in [1.54, 1.807) is 0 Å². The summed E-state index contributed by atoms with van der Waals surface area (Å²) in [6, 6.07) is 0. The van der Waals surface area contributed by atoms with Gasteiger partial charge in [0.2, 0.25) is 0 Å². The number of hydrogen-bond donors (Lipinski definition) is 1. The van der Waals surface area contributed by atoms with Gasteiger partial charge in [0.1, 0.15) is 5.60 Å². The van der Waals surface area contributed by atoms with Crippen molar-refractivity contribution >= 4 is 6.09 Å². The minimum absolute atomic E-state index is 0.0307. The maximum atomic E-state index is 11.9. The maximum Gasteiger partial charge on any atom is 0.408 e. The molecule has 0 aromatic carbocycles. The van der Waals surface area contributed by atoms with Gasteiger partial charge in [-0.1, -0.05) is 6.42 Å². The van der Waals surface area contributed by atoms with E-state index in [0.29, 0.717) is 5.92 Å². The fourth-order valence-corrected chi connectivity index (χ4v) is 3.25. The van der Waals surface area contributed by atoms with Gasteiger partial charge in [-0.15, -0.1) is 0 Å². The van der Waals surface area contributed by atoms with Crippen LogP contribution in [-0.2, 0) is 4.74 Å². The Balaban J connectivity index is 1.99. The number of hydrogen-bond acceptors (Lipinski definition) is 3. The Morgan fingerprint density at radius 1 is 1.47 bits per heavy atom. The summed E-state index contributed by atoms with van der Waals surface area (Å²) in [5, 5.41) is 3.14. The molecule has 4 nitrogen and oxygen atoms in total. The number of rotatable bonds is 1. The van der Waals surface area contributed by atoms with Crippen LogP contribution in [0.4, 0.5) is 4.79 Å². The van der Waals surface area contributed by atoms with Crippen LogP contribution in [0, 0.1) is 5.92 Å². The number of nitrogens with zero attached hydrogens (tertiary/aromatic N) is 1. The average molecular weight is 240 g/mol. The van der Waals surface area contributed by atoms with E-state index in [1.807, 2.05) is 20.8 Å². The molecule has 1 saturated carbocycles. The topological polar surface area (TPSA) is 41.6 Å². The van der Waals surface area contributed by atoms with Gasteiger partial charge in [-0.05, 0) is 46.6 Å². The Bertz CT molecular complexity index is 311. The van der Waals surface area contributed by atoms with Crippen LogP contribution >= 0.6 is 0 Å². The van der Waals surface area contributed by atoms with Gasteiger partial charge in [-0.2, -0.15) is 0 Å². The lowest BCUT2D eigenvalue weighted by molar-refractivity contribution is 0.0446. The number of carbonyl (C=O) groups excluding carboxylic acids is 1. The standard InChI is InChI=1S/C13H24N2O2/c1-12(2,3)17-11(16)14-13-7-5-6-10(13)8-15(4)9-13/h10H,5-9H2,1-4H3,(H,14,16). The molecule has 2 atom stereocenters. The molecule has 1 N–H and O–H groups in total. The lowest BCUT2D eigenvalue weighted by Crippen LogP contribution is -2.53. The molecule has 2 fully saturated rings. The summed E-state index contributed by atoms with van der Waals surface area (Å²) in [7, 11) is 2.12. The molecular formula is C13H24N2O2. The molecule has 2 aliphatic rings. The van der Waals surface area contributed by atoms with E-state index in [1.165, 1.54) is 12.8 Å². The molecule has 0 radical (unpaired) electrons. The molecule has 2 rings (SSSR count). The summed E-state index contributed by atoms with van der Waals surface area (Å²) in [5.74, 6) is 0.597. The second-order valence-electron chi connectivity index (χ2n) is 6.57. The van der Waals surface area contributed by atoms with E-state index in [2.05, 4.69) is 17.3 Å². The van der Waals surface area contributed by atoms with Gasteiger partial charge in [0.25, 0.3) is 0 Å². The largest absolute Gasteiger partial charge is 0.444 e. The van der Waals surface area contributed by atoms with E-state index in [4.69, 9.17) is 4.74 Å². The van der Waals surface area contributed by atoms with Gasteiger partial charge < -0.3 is 15.0 Å². The summed E-state index contributed by atoms with van der Waals surface area (Å²) >= 11 is 0. The number of carbonyl (C=O) groups is 1. The third-order valence-electron chi connectivity index (χ3n) is 3.79. The Kier molecular flexibility index (Phi) is 3.10. The van der Waals surface area contributed by atoms with Crippen molar-refractivity contribution in [2.45, 2.75) is 51.2 Å². The van der Waals surface area contributed by atoms with Crippen molar-refractivity contribution in [3.05, 3.63) is 0 Å². The summed E-state index contributed by atoms with van der Waals surface area (Å²) in [5.41, 5.74) is -0.448. The normalized spacial score (nSPS) is 33.5. The molecule has 0 bridgehead atoms. The highest BCUT2D eigenvalue weighted by molar-refractivity contribution is 5.69. The number of fused-ring (bicyclic) bond motifs is 1. The molecule has 98 valence electrons. The van der Waals surface area contributed by atoms with Gasteiger partial charge in [-0.3, -0.25) is 0 Å². The minimum Gasteiger partial charge on any atom is -0.444 e. The van der Waals surface area contributed by atoms with Crippen LogP contribution in [0.15, 0.2) is 0 Å². The zero-order valence-corrected chi connectivity index (χ0v) is 11.4. The predicted octanol–water partition coefficient (Wildman–Crippen LogP) is 2.00. The molecule has 4 heteroatoms. The van der Waals surface area contributed by atoms with Crippen LogP contribution < -0.4 is 5.32 Å². The summed E-state index contributed by atoms with van der Waals surface area (Å²) in [6.45, 7) is 7.75. The lowest BCUT2D eigenvalue weighted by atomic mass is 9.91. The minimum atomic E-state index is -0.417. The van der Waals surface area contributed by atoms with Crippen molar-refractivity contribution < 1.29 is 9.53 Å². The molecule has 0 aromatic rings. The Morgan fingerprint density at radius 2 is 2.18 bits per heavy atom. The molecule has 1 saturated heterocycles. The molecule has 17 heavy (non-hydrogen) atoms. The number of alkyl carbamates (subject to hydrolysis) is 1. The summed E-state index contributed by atoms with van der Waals surface area (Å²) in [4.78, 5) is 14.2. The van der Waals surface area contributed by atoms with Crippen molar-refractivity contribution in [3.63, 3.8) is 0 Å². The van der Waals surface area contributed by atoms with E-state index >= 15 is 0 Å². The molecule has 1 amide bonds. The highest BCUT2D eigenvalue weighted by atomic mass is 16.6. The lowest BCUT2D eigenvalue weighted by Gasteiger charge is -2.31. The molecule has 1 aliphatic carbocycles. The summed E-state index contributed by atoms with van der Waals surface area (Å²) < 4.78 is 5.37. The van der Waals surface area contributed by atoms with Gasteiger partial charge in [0.15, 0.2) is 0 Å². The number of likely N-dealkylation sites (tertiary alicyclic amines) is 1. The third-order valence-corrected chi connectivity index (χ3v) is 3.79. The highest BCUT2D eigenvalue weighted by Gasteiger charge is 2.49. The first-order chi connectivity index (χ1) is 7.81. The van der Waals surface area contributed by atoms with Crippen LogP contribution in [0.2, 0.25) is 0 Å². The van der Waals surface area contributed by atoms with Gasteiger partial charge in [-0.25, -0.2) is 4.79 Å². The smallest absolute Gasteiger partial charge is 0.408 e. The van der Waals surface area contributed by atoms with Crippen LogP contribution in [0.3, 0.4) is 0 Å². The fraction of sp³-hybridized carbons (Fsp3) is 0.923. The Morgan fingerprint density at radius 3 is 2.82 bits per heavy atom. The molecule has 0 spiro atoms. The van der Waals surface area contributed by atoms with Crippen LogP contribution in [0.1, 0.15) is 40.0 Å². The third kappa shape index (κ3) is 2.73. The van der Waals surface area contributed by atoms with Crippen LogP contribution in [0.5, 0.6) is 0 Å². The molecule has 1 heterocycles. The highest BCUT2D eigenvalue weighted by Crippen LogP contribution is 2.41. The van der Waals surface area contributed by atoms with E-state index in [0.717, 1.165) is 19.5 Å². The number of ether oxygens (including phenoxy) is 1. The van der Waals surface area contributed by atoms with Crippen LogP contribution in [0.25, 0.3) is 0 Å². The van der Waals surface area contributed by atoms with Crippen molar-refractivity contribution in [2.75, 3.05) is 20.1 Å². The predicted molar refractivity (Wildman–Crippen MR) is 66.9 cm³/mol. The molecular weight excluding hydrogens is 216 g/mol. The zero-order chi connectivity index (χ0) is 12.7. The fourth-order valence-electron chi connectivity index (χ4n) is 3.25. The zero-order valence-electron chi connectivity index (χ0n) is 11.4. The first-order valence-electron chi connectivity index (χ1n) is 6.50. The number of amides is 1. The second-order valence-corrected chi connectivity index (χ2v) is 6.57. The van der Waals surface area contributed by atoms with Gasteiger partial charge >= 0.3 is 6.09 Å². The quantitative estimate of drug-likeness (QED) is 0.762. The van der Waals surface area contributed by atoms with Crippen molar-refractivity contribution in [2.24, 2.45) is 5.92 Å². The first-order valence-corrected chi connectivity index (χ1v) is 6.50. The SMILES string of the molecule is CN1CC2CCCC2(NC(=O)OC(C)(C)C)C1. The number of nitrogens with one attached hydrogen (secondary N) is 1. The van der Waals surface area contributed by atoms with Crippen molar-refractivity contribution in [1.29, 1.82) is 0 Å². The Hall–Kier alpha value is -0.770. The Labute approximate surface area is 104 Å². The van der Waals surface area contributed by atoms with Gasteiger partial charge in [0, 0.05) is 13.1 Å². The monoisotopic (exact) mass is 240 g/mol. The van der Waals surface area contributed by atoms with Crippen molar-refractivity contribution in [1.82, 2.24) is 10.2 Å². The maximum absolute atomic E-state index is 11.9. The summed E-state index contributed by atoms with van der Waals surface area (Å²) in [6.07, 6.45) is 3.26. The average Bonchev–Trinajstić information content (AvgIpc) is 2.54. The molecule has 0 aromatic heterocycles. The molecule has 1 aliphatic heterocycles. The first kappa shape index (κ1) is 12.7. The number of likely N-dealkylation sites (N-methyl/N-ethyl adjacent to an activating group) is 1.